The molecule has 1 aromatic heterocycles. The maximum Gasteiger partial charge on any atom is 0.232 e. The molecule has 0 saturated heterocycles. The molecule has 0 radical (unpaired) electrons. The average Bonchev–Trinajstić information content (AvgIpc) is 2.54. The maximum absolute atomic E-state index is 11.8. The lowest BCUT2D eigenvalue weighted by atomic mass is 10.0. The zero-order valence-electron chi connectivity index (χ0n) is 12.0. The Bertz CT molecular complexity index is 607. The van der Waals surface area contributed by atoms with E-state index in [1.54, 1.807) is 18.3 Å². The molecule has 5 nitrogen and oxygen atoms in total. The van der Waals surface area contributed by atoms with Gasteiger partial charge in [-0.2, -0.15) is 0 Å². The molecule has 3 N–H and O–H groups in total. The summed E-state index contributed by atoms with van der Waals surface area (Å²) >= 11 is 5.91. The maximum atomic E-state index is 11.8. The van der Waals surface area contributed by atoms with Crippen LogP contribution in [-0.2, 0) is 4.79 Å². The van der Waals surface area contributed by atoms with Gasteiger partial charge in [0, 0.05) is 18.7 Å². The van der Waals surface area contributed by atoms with Crippen molar-refractivity contribution in [2.24, 2.45) is 5.73 Å². The third kappa shape index (κ3) is 5.02. The fourth-order valence-electron chi connectivity index (χ4n) is 1.91. The lowest BCUT2D eigenvalue weighted by Gasteiger charge is -2.12. The molecule has 1 aromatic carbocycles. The summed E-state index contributed by atoms with van der Waals surface area (Å²) in [6, 6.07) is 12.6. The Kier molecular flexibility index (Phi) is 6.18. The summed E-state index contributed by atoms with van der Waals surface area (Å²) in [6.45, 7) is 0.663. The number of carbonyl (C=O) groups is 1. The Morgan fingerprint density at radius 1 is 1.27 bits per heavy atom. The zero-order chi connectivity index (χ0) is 15.8. The zero-order valence-corrected chi connectivity index (χ0v) is 12.8. The molecule has 116 valence electrons. The number of carbonyl (C=O) groups excluding carboxylic acids is 1. The van der Waals surface area contributed by atoms with E-state index in [1.165, 1.54) is 0 Å². The van der Waals surface area contributed by atoms with Gasteiger partial charge in [-0.3, -0.25) is 4.79 Å². The van der Waals surface area contributed by atoms with Gasteiger partial charge in [-0.05, 0) is 17.7 Å². The first kappa shape index (κ1) is 16.3. The number of rotatable bonds is 7. The summed E-state index contributed by atoms with van der Waals surface area (Å²) < 4.78 is 5.39. The number of nitrogens with one attached hydrogen (secondary N) is 1. The number of pyridine rings is 1. The summed E-state index contributed by atoms with van der Waals surface area (Å²) in [6.07, 6.45) is 1.83. The van der Waals surface area contributed by atoms with Gasteiger partial charge in [0.2, 0.25) is 11.8 Å². The van der Waals surface area contributed by atoms with Crippen molar-refractivity contribution in [3.63, 3.8) is 0 Å². The topological polar surface area (TPSA) is 77.2 Å². The van der Waals surface area contributed by atoms with Gasteiger partial charge in [0.25, 0.3) is 0 Å². The molecule has 1 heterocycles. The van der Waals surface area contributed by atoms with Crippen LogP contribution in [0.25, 0.3) is 0 Å². The van der Waals surface area contributed by atoms with Crippen LogP contribution in [0, 0.1) is 0 Å². The fourth-order valence-corrected chi connectivity index (χ4v) is 2.08. The second-order valence-electron chi connectivity index (χ2n) is 4.71. The van der Waals surface area contributed by atoms with Crippen molar-refractivity contribution < 1.29 is 9.53 Å². The van der Waals surface area contributed by atoms with Crippen LogP contribution in [0.15, 0.2) is 48.7 Å². The molecule has 0 bridgehead atoms. The van der Waals surface area contributed by atoms with E-state index < -0.39 is 0 Å². The lowest BCUT2D eigenvalue weighted by molar-refractivity contribution is -0.121. The summed E-state index contributed by atoms with van der Waals surface area (Å²) in [5, 5.41) is 3.20. The Morgan fingerprint density at radius 2 is 2.05 bits per heavy atom. The minimum absolute atomic E-state index is 0.118. The van der Waals surface area contributed by atoms with Crippen LogP contribution in [0.2, 0.25) is 5.02 Å². The number of aromatic nitrogens is 1. The SMILES string of the molecule is NC(CC(=O)NCCOc1ncccc1Cl)c1ccccc1. The fraction of sp³-hybridized carbons (Fsp3) is 0.250. The van der Waals surface area contributed by atoms with E-state index in [0.29, 0.717) is 24.1 Å². The van der Waals surface area contributed by atoms with Gasteiger partial charge >= 0.3 is 0 Å². The molecule has 0 saturated carbocycles. The Morgan fingerprint density at radius 3 is 2.77 bits per heavy atom. The highest BCUT2D eigenvalue weighted by atomic mass is 35.5. The normalized spacial score (nSPS) is 11.7. The van der Waals surface area contributed by atoms with E-state index >= 15 is 0 Å². The predicted molar refractivity (Wildman–Crippen MR) is 85.7 cm³/mol. The van der Waals surface area contributed by atoms with E-state index in [1.807, 2.05) is 30.3 Å². The summed E-state index contributed by atoms with van der Waals surface area (Å²) in [7, 11) is 0. The van der Waals surface area contributed by atoms with Crippen molar-refractivity contribution in [2.45, 2.75) is 12.5 Å². The van der Waals surface area contributed by atoms with Gasteiger partial charge in [0.05, 0.1) is 6.54 Å². The smallest absolute Gasteiger partial charge is 0.232 e. The molecule has 0 spiro atoms. The summed E-state index contributed by atoms with van der Waals surface area (Å²) in [5.74, 6) is 0.242. The Labute approximate surface area is 134 Å². The van der Waals surface area contributed by atoms with E-state index in [4.69, 9.17) is 22.1 Å². The molecule has 0 aliphatic carbocycles. The number of nitrogens with two attached hydrogens (primary N) is 1. The van der Waals surface area contributed by atoms with Crippen molar-refractivity contribution in [3.05, 3.63) is 59.2 Å². The third-order valence-corrected chi connectivity index (χ3v) is 3.31. The standard InChI is InChI=1S/C16H18ClN3O2/c17-13-7-4-8-20-16(13)22-10-9-19-15(21)11-14(18)12-5-2-1-3-6-12/h1-8,14H,9-11,18H2,(H,19,21). The van der Waals surface area contributed by atoms with Crippen LogP contribution in [0.3, 0.4) is 0 Å². The Hall–Kier alpha value is -2.11. The summed E-state index contributed by atoms with van der Waals surface area (Å²) in [5.41, 5.74) is 6.93. The molecular formula is C16H18ClN3O2. The Balaban J connectivity index is 1.69. The molecule has 0 aliphatic rings. The van der Waals surface area contributed by atoms with Crippen molar-refractivity contribution in [2.75, 3.05) is 13.2 Å². The average molecular weight is 320 g/mol. The van der Waals surface area contributed by atoms with Gasteiger partial charge in [0.1, 0.15) is 11.6 Å². The van der Waals surface area contributed by atoms with Crippen LogP contribution in [0.1, 0.15) is 18.0 Å². The largest absolute Gasteiger partial charge is 0.475 e. The number of ether oxygens (including phenoxy) is 1. The van der Waals surface area contributed by atoms with Gasteiger partial charge in [-0.1, -0.05) is 41.9 Å². The molecular weight excluding hydrogens is 302 g/mol. The minimum Gasteiger partial charge on any atom is -0.475 e. The lowest BCUT2D eigenvalue weighted by Crippen LogP contribution is -2.30. The van der Waals surface area contributed by atoms with Crippen LogP contribution in [-0.4, -0.2) is 24.0 Å². The number of nitrogens with zero attached hydrogens (tertiary/aromatic N) is 1. The highest BCUT2D eigenvalue weighted by Crippen LogP contribution is 2.19. The van der Waals surface area contributed by atoms with E-state index in [9.17, 15) is 4.79 Å². The predicted octanol–water partition coefficient (Wildman–Crippen LogP) is 2.32. The van der Waals surface area contributed by atoms with Gasteiger partial charge in [-0.15, -0.1) is 0 Å². The first-order valence-electron chi connectivity index (χ1n) is 6.97. The number of hydrogen-bond acceptors (Lipinski definition) is 4. The number of benzene rings is 1. The highest BCUT2D eigenvalue weighted by molar-refractivity contribution is 6.31. The molecule has 1 atom stereocenters. The molecule has 1 amide bonds. The summed E-state index contributed by atoms with van der Waals surface area (Å²) in [4.78, 5) is 15.8. The third-order valence-electron chi connectivity index (χ3n) is 3.02. The van der Waals surface area contributed by atoms with Gasteiger partial charge in [0.15, 0.2) is 0 Å². The number of hydrogen-bond donors (Lipinski definition) is 2. The molecule has 0 fully saturated rings. The molecule has 1 unspecified atom stereocenters. The monoisotopic (exact) mass is 319 g/mol. The molecule has 2 rings (SSSR count). The van der Waals surface area contributed by atoms with Crippen molar-refractivity contribution in [1.29, 1.82) is 0 Å². The van der Waals surface area contributed by atoms with Gasteiger partial charge in [-0.25, -0.2) is 4.98 Å². The minimum atomic E-state index is -0.313. The quantitative estimate of drug-likeness (QED) is 0.768. The molecule has 22 heavy (non-hydrogen) atoms. The highest BCUT2D eigenvalue weighted by Gasteiger charge is 2.11. The molecule has 0 aliphatic heterocycles. The molecule has 2 aromatic rings. The van der Waals surface area contributed by atoms with Crippen LogP contribution in [0.4, 0.5) is 0 Å². The second kappa shape index (κ2) is 8.36. The van der Waals surface area contributed by atoms with Crippen LogP contribution < -0.4 is 15.8 Å². The van der Waals surface area contributed by atoms with Crippen molar-refractivity contribution in [3.8, 4) is 5.88 Å². The first-order valence-corrected chi connectivity index (χ1v) is 7.35. The van der Waals surface area contributed by atoms with Gasteiger partial charge < -0.3 is 15.8 Å². The van der Waals surface area contributed by atoms with Crippen LogP contribution in [0.5, 0.6) is 5.88 Å². The first-order chi connectivity index (χ1) is 10.7. The van der Waals surface area contributed by atoms with E-state index in [-0.39, 0.29) is 18.4 Å². The van der Waals surface area contributed by atoms with Crippen molar-refractivity contribution >= 4 is 17.5 Å². The van der Waals surface area contributed by atoms with Crippen LogP contribution >= 0.6 is 11.6 Å². The second-order valence-corrected chi connectivity index (χ2v) is 5.12. The molecule has 6 heteroatoms. The van der Waals surface area contributed by atoms with Crippen molar-refractivity contribution in [1.82, 2.24) is 10.3 Å². The number of amides is 1. The number of halogens is 1. The van der Waals surface area contributed by atoms with E-state index in [0.717, 1.165) is 5.56 Å². The van der Waals surface area contributed by atoms with E-state index in [2.05, 4.69) is 10.3 Å².